The Balaban J connectivity index is 1.59. The number of halogens is 1. The molecule has 0 aliphatic rings. The number of para-hydroxylation sites is 1. The molecule has 30 heavy (non-hydrogen) atoms. The molecule has 1 N–H and O–H groups in total. The number of benzene rings is 3. The molecule has 0 saturated heterocycles. The molecule has 7 heteroatoms. The van der Waals surface area contributed by atoms with E-state index >= 15 is 0 Å². The Bertz CT molecular complexity index is 1060. The molecule has 0 fully saturated rings. The van der Waals surface area contributed by atoms with Gasteiger partial charge in [-0.3, -0.25) is 9.59 Å². The molecule has 0 aliphatic carbocycles. The van der Waals surface area contributed by atoms with E-state index in [0.717, 1.165) is 0 Å². The Kier molecular flexibility index (Phi) is 6.54. The minimum Gasteiger partial charge on any atom is -0.484 e. The van der Waals surface area contributed by atoms with Crippen molar-refractivity contribution in [3.8, 4) is 5.75 Å². The molecule has 1 amide bonds. The van der Waals surface area contributed by atoms with Gasteiger partial charge in [-0.1, -0.05) is 12.1 Å². The topological polar surface area (TPSA) is 81.7 Å². The number of carbonyl (C=O) groups excluding carboxylic acids is 3. The molecule has 0 radical (unpaired) electrons. The fourth-order valence-electron chi connectivity index (χ4n) is 2.69. The standard InChI is InChI=1S/C23H18FNO5/c1-29-23(28)19-4-2-3-5-20(19)25-21(26)14-30-18-12-8-16(9-13-18)22(27)15-6-10-17(24)11-7-15/h2-13H,14H2,1H3,(H,25,26). The van der Waals surface area contributed by atoms with Crippen LogP contribution >= 0.6 is 0 Å². The zero-order valence-electron chi connectivity index (χ0n) is 16.1. The lowest BCUT2D eigenvalue weighted by atomic mass is 10.0. The summed E-state index contributed by atoms with van der Waals surface area (Å²) in [5.41, 5.74) is 1.33. The first-order valence-electron chi connectivity index (χ1n) is 8.98. The zero-order valence-corrected chi connectivity index (χ0v) is 16.1. The number of esters is 1. The summed E-state index contributed by atoms with van der Waals surface area (Å²) >= 11 is 0. The number of anilines is 1. The van der Waals surface area contributed by atoms with E-state index in [1.54, 1.807) is 48.5 Å². The van der Waals surface area contributed by atoms with Gasteiger partial charge in [0.25, 0.3) is 5.91 Å². The van der Waals surface area contributed by atoms with Crippen LogP contribution in [0.4, 0.5) is 10.1 Å². The van der Waals surface area contributed by atoms with E-state index in [1.807, 2.05) is 0 Å². The van der Waals surface area contributed by atoms with Crippen LogP contribution < -0.4 is 10.1 Å². The Morgan fingerprint density at radius 3 is 2.10 bits per heavy atom. The van der Waals surface area contributed by atoms with Crippen LogP contribution in [0.15, 0.2) is 72.8 Å². The maximum absolute atomic E-state index is 13.0. The summed E-state index contributed by atoms with van der Waals surface area (Å²) in [7, 11) is 1.26. The summed E-state index contributed by atoms with van der Waals surface area (Å²) in [6, 6.07) is 18.0. The van der Waals surface area contributed by atoms with Crippen LogP contribution in [-0.4, -0.2) is 31.4 Å². The minimum absolute atomic E-state index is 0.233. The first kappa shape index (κ1) is 20.7. The van der Waals surface area contributed by atoms with Crippen LogP contribution in [0.3, 0.4) is 0 Å². The normalized spacial score (nSPS) is 10.2. The van der Waals surface area contributed by atoms with Crippen LogP contribution in [-0.2, 0) is 9.53 Å². The van der Waals surface area contributed by atoms with E-state index in [2.05, 4.69) is 10.1 Å². The summed E-state index contributed by atoms with van der Waals surface area (Å²) in [5.74, 6) is -1.30. The highest BCUT2D eigenvalue weighted by Gasteiger charge is 2.14. The quantitative estimate of drug-likeness (QED) is 0.475. The zero-order chi connectivity index (χ0) is 21.5. The second-order valence-electron chi connectivity index (χ2n) is 6.23. The van der Waals surface area contributed by atoms with Crippen molar-refractivity contribution in [3.05, 3.63) is 95.3 Å². The van der Waals surface area contributed by atoms with Gasteiger partial charge in [-0.05, 0) is 60.7 Å². The number of hydrogen-bond acceptors (Lipinski definition) is 5. The number of rotatable bonds is 7. The minimum atomic E-state index is -0.562. The van der Waals surface area contributed by atoms with Gasteiger partial charge in [0.05, 0.1) is 18.4 Å². The van der Waals surface area contributed by atoms with Gasteiger partial charge in [-0.25, -0.2) is 9.18 Å². The van der Waals surface area contributed by atoms with Crippen LogP contribution in [0.2, 0.25) is 0 Å². The number of carbonyl (C=O) groups is 3. The molecule has 0 unspecified atom stereocenters. The highest BCUT2D eigenvalue weighted by Crippen LogP contribution is 2.18. The lowest BCUT2D eigenvalue weighted by molar-refractivity contribution is -0.118. The molecular weight excluding hydrogens is 389 g/mol. The van der Waals surface area contributed by atoms with Gasteiger partial charge < -0.3 is 14.8 Å². The molecule has 0 bridgehead atoms. The third-order valence-electron chi connectivity index (χ3n) is 4.20. The van der Waals surface area contributed by atoms with E-state index in [-0.39, 0.29) is 18.0 Å². The first-order valence-corrected chi connectivity index (χ1v) is 8.98. The molecule has 3 rings (SSSR count). The Hall–Kier alpha value is -4.00. The number of hydrogen-bond donors (Lipinski definition) is 1. The van der Waals surface area contributed by atoms with E-state index in [0.29, 0.717) is 22.6 Å². The van der Waals surface area contributed by atoms with Gasteiger partial charge >= 0.3 is 5.97 Å². The van der Waals surface area contributed by atoms with Crippen molar-refractivity contribution < 1.29 is 28.2 Å². The van der Waals surface area contributed by atoms with Crippen LogP contribution in [0.5, 0.6) is 5.75 Å². The average molecular weight is 407 g/mol. The van der Waals surface area contributed by atoms with E-state index in [9.17, 15) is 18.8 Å². The monoisotopic (exact) mass is 407 g/mol. The van der Waals surface area contributed by atoms with Crippen molar-refractivity contribution in [2.45, 2.75) is 0 Å². The van der Waals surface area contributed by atoms with Crippen molar-refractivity contribution in [1.29, 1.82) is 0 Å². The SMILES string of the molecule is COC(=O)c1ccccc1NC(=O)COc1ccc(C(=O)c2ccc(F)cc2)cc1. The molecule has 6 nitrogen and oxygen atoms in total. The van der Waals surface area contributed by atoms with Gasteiger partial charge in [0.15, 0.2) is 12.4 Å². The van der Waals surface area contributed by atoms with Gasteiger partial charge in [0, 0.05) is 11.1 Å². The molecule has 0 heterocycles. The number of ether oxygens (including phenoxy) is 2. The first-order chi connectivity index (χ1) is 14.5. The molecule has 0 aliphatic heterocycles. The lowest BCUT2D eigenvalue weighted by Crippen LogP contribution is -2.21. The predicted octanol–water partition coefficient (Wildman–Crippen LogP) is 3.86. The second-order valence-corrected chi connectivity index (χ2v) is 6.23. The third-order valence-corrected chi connectivity index (χ3v) is 4.20. The molecular formula is C23H18FNO5. The molecule has 152 valence electrons. The Morgan fingerprint density at radius 2 is 1.47 bits per heavy atom. The molecule has 0 spiro atoms. The van der Waals surface area contributed by atoms with Gasteiger partial charge in [0.2, 0.25) is 0 Å². The fourth-order valence-corrected chi connectivity index (χ4v) is 2.69. The molecule has 3 aromatic rings. The summed E-state index contributed by atoms with van der Waals surface area (Å²) in [4.78, 5) is 36.3. The highest BCUT2D eigenvalue weighted by atomic mass is 19.1. The Labute approximate surface area is 172 Å². The van der Waals surface area contributed by atoms with E-state index < -0.39 is 17.7 Å². The largest absolute Gasteiger partial charge is 0.484 e. The fraction of sp³-hybridized carbons (Fsp3) is 0.0870. The molecule has 3 aromatic carbocycles. The smallest absolute Gasteiger partial charge is 0.339 e. The number of methoxy groups -OCH3 is 1. The summed E-state index contributed by atoms with van der Waals surface area (Å²) in [6.07, 6.45) is 0. The van der Waals surface area contributed by atoms with Crippen LogP contribution in [0.1, 0.15) is 26.3 Å². The van der Waals surface area contributed by atoms with Crippen molar-refractivity contribution in [2.75, 3.05) is 19.0 Å². The molecule has 0 aromatic heterocycles. The third kappa shape index (κ3) is 5.08. The number of ketones is 1. The number of amides is 1. The molecule has 0 saturated carbocycles. The summed E-state index contributed by atoms with van der Waals surface area (Å²) in [6.45, 7) is -0.291. The van der Waals surface area contributed by atoms with Crippen LogP contribution in [0.25, 0.3) is 0 Å². The van der Waals surface area contributed by atoms with Crippen LogP contribution in [0, 0.1) is 5.82 Å². The Morgan fingerprint density at radius 1 is 0.867 bits per heavy atom. The predicted molar refractivity (Wildman–Crippen MR) is 108 cm³/mol. The van der Waals surface area contributed by atoms with Gasteiger partial charge in [-0.15, -0.1) is 0 Å². The van der Waals surface area contributed by atoms with E-state index in [1.165, 1.54) is 31.4 Å². The van der Waals surface area contributed by atoms with Crippen molar-refractivity contribution in [1.82, 2.24) is 0 Å². The van der Waals surface area contributed by atoms with Crippen molar-refractivity contribution in [3.63, 3.8) is 0 Å². The van der Waals surface area contributed by atoms with Gasteiger partial charge in [-0.2, -0.15) is 0 Å². The lowest BCUT2D eigenvalue weighted by Gasteiger charge is -2.10. The second kappa shape index (κ2) is 9.47. The maximum atomic E-state index is 13.0. The maximum Gasteiger partial charge on any atom is 0.339 e. The molecule has 0 atom stereocenters. The summed E-state index contributed by atoms with van der Waals surface area (Å²) < 4.78 is 23.1. The van der Waals surface area contributed by atoms with E-state index in [4.69, 9.17) is 4.74 Å². The summed E-state index contributed by atoms with van der Waals surface area (Å²) in [5, 5.41) is 2.60. The average Bonchev–Trinajstić information content (AvgIpc) is 2.78. The van der Waals surface area contributed by atoms with Crippen molar-refractivity contribution >= 4 is 23.3 Å². The van der Waals surface area contributed by atoms with Crippen molar-refractivity contribution in [2.24, 2.45) is 0 Å². The van der Waals surface area contributed by atoms with Gasteiger partial charge in [0.1, 0.15) is 11.6 Å². The highest BCUT2D eigenvalue weighted by molar-refractivity contribution is 6.09. The number of nitrogens with one attached hydrogen (secondary N) is 1.